The molecule has 8 nitrogen and oxygen atoms in total. The van der Waals surface area contributed by atoms with Crippen LogP contribution < -0.4 is 16.4 Å². The second-order valence-electron chi connectivity index (χ2n) is 5.42. The molecule has 0 saturated heterocycles. The lowest BCUT2D eigenvalue weighted by atomic mass is 10.1. The molecule has 0 saturated carbocycles. The standard InChI is InChI=1S/C14H19N7O/c1-14(2,22)7-18-11-4-13(20-8-19-11)21-12-3-10(16)9(5-15)6-17-12/h3-6,8,15,22H,7H2,1-2H3,(H4,16,17,18,19,20,21). The Morgan fingerprint density at radius 1 is 1.23 bits per heavy atom. The van der Waals surface area contributed by atoms with Gasteiger partial charge in [-0.15, -0.1) is 0 Å². The molecular formula is C14H19N7O. The van der Waals surface area contributed by atoms with Gasteiger partial charge in [0.15, 0.2) is 0 Å². The number of rotatable bonds is 6. The molecule has 0 aliphatic rings. The molecule has 0 spiro atoms. The first kappa shape index (κ1) is 15.6. The van der Waals surface area contributed by atoms with E-state index in [9.17, 15) is 5.11 Å². The smallest absolute Gasteiger partial charge is 0.137 e. The number of aliphatic hydroxyl groups is 1. The average molecular weight is 301 g/mol. The van der Waals surface area contributed by atoms with E-state index in [4.69, 9.17) is 11.1 Å². The quantitative estimate of drug-likeness (QED) is 0.509. The van der Waals surface area contributed by atoms with Crippen LogP contribution in [0.15, 0.2) is 24.7 Å². The zero-order valence-corrected chi connectivity index (χ0v) is 12.5. The Bertz CT molecular complexity index is 666. The molecule has 2 rings (SSSR count). The molecule has 116 valence electrons. The number of nitrogen functional groups attached to an aromatic ring is 1. The van der Waals surface area contributed by atoms with E-state index in [1.807, 2.05) is 0 Å². The highest BCUT2D eigenvalue weighted by atomic mass is 16.3. The maximum Gasteiger partial charge on any atom is 0.137 e. The van der Waals surface area contributed by atoms with Gasteiger partial charge in [-0.1, -0.05) is 0 Å². The van der Waals surface area contributed by atoms with Crippen molar-refractivity contribution in [2.75, 3.05) is 22.9 Å². The molecule has 0 amide bonds. The largest absolute Gasteiger partial charge is 0.398 e. The van der Waals surface area contributed by atoms with Gasteiger partial charge in [0, 0.05) is 42.3 Å². The Balaban J connectivity index is 2.10. The molecule has 8 heteroatoms. The monoisotopic (exact) mass is 301 g/mol. The van der Waals surface area contributed by atoms with Gasteiger partial charge in [-0.05, 0) is 13.8 Å². The van der Waals surface area contributed by atoms with E-state index in [-0.39, 0.29) is 0 Å². The molecule has 2 heterocycles. The van der Waals surface area contributed by atoms with Crippen molar-refractivity contribution in [3.63, 3.8) is 0 Å². The van der Waals surface area contributed by atoms with E-state index in [1.165, 1.54) is 12.5 Å². The van der Waals surface area contributed by atoms with Gasteiger partial charge < -0.3 is 26.9 Å². The number of nitrogens with two attached hydrogens (primary N) is 1. The molecule has 22 heavy (non-hydrogen) atoms. The molecule has 0 aliphatic heterocycles. The van der Waals surface area contributed by atoms with Gasteiger partial charge in [-0.25, -0.2) is 15.0 Å². The fourth-order valence-electron chi connectivity index (χ4n) is 1.63. The van der Waals surface area contributed by atoms with Crippen LogP contribution in [0.4, 0.5) is 23.1 Å². The Kier molecular flexibility index (Phi) is 4.52. The summed E-state index contributed by atoms with van der Waals surface area (Å²) in [5.74, 6) is 1.65. The van der Waals surface area contributed by atoms with Crippen molar-refractivity contribution in [3.8, 4) is 0 Å². The Morgan fingerprint density at radius 3 is 2.55 bits per heavy atom. The van der Waals surface area contributed by atoms with Crippen molar-refractivity contribution in [3.05, 3.63) is 30.2 Å². The summed E-state index contributed by atoms with van der Waals surface area (Å²) in [7, 11) is 0. The minimum atomic E-state index is -0.836. The van der Waals surface area contributed by atoms with Crippen LogP contribution in [0.5, 0.6) is 0 Å². The number of aromatic nitrogens is 3. The highest BCUT2D eigenvalue weighted by Crippen LogP contribution is 2.18. The van der Waals surface area contributed by atoms with E-state index in [1.54, 1.807) is 26.0 Å². The van der Waals surface area contributed by atoms with Crippen molar-refractivity contribution in [1.82, 2.24) is 15.0 Å². The Labute approximate surface area is 128 Å². The molecule has 2 aromatic heterocycles. The Morgan fingerprint density at radius 2 is 1.91 bits per heavy atom. The topological polar surface area (TPSA) is 133 Å². The maximum atomic E-state index is 9.70. The van der Waals surface area contributed by atoms with Crippen LogP contribution in [0, 0.1) is 5.41 Å². The van der Waals surface area contributed by atoms with E-state index in [0.29, 0.717) is 35.2 Å². The van der Waals surface area contributed by atoms with Gasteiger partial charge in [-0.3, -0.25) is 0 Å². The molecule has 0 radical (unpaired) electrons. The van der Waals surface area contributed by atoms with Crippen LogP contribution in [-0.2, 0) is 0 Å². The van der Waals surface area contributed by atoms with Crippen LogP contribution in [0.25, 0.3) is 0 Å². The summed E-state index contributed by atoms with van der Waals surface area (Å²) in [5, 5.41) is 22.9. The summed E-state index contributed by atoms with van der Waals surface area (Å²) in [5.41, 5.74) is 5.99. The van der Waals surface area contributed by atoms with Gasteiger partial charge in [0.1, 0.15) is 23.8 Å². The lowest BCUT2D eigenvalue weighted by Crippen LogP contribution is -2.29. The molecule has 6 N–H and O–H groups in total. The van der Waals surface area contributed by atoms with Gasteiger partial charge in [0.05, 0.1) is 5.60 Å². The predicted molar refractivity (Wildman–Crippen MR) is 86.6 cm³/mol. The molecule has 2 aromatic rings. The maximum absolute atomic E-state index is 9.70. The summed E-state index contributed by atoms with van der Waals surface area (Å²) < 4.78 is 0. The summed E-state index contributed by atoms with van der Waals surface area (Å²) in [6.07, 6.45) is 4.07. The minimum Gasteiger partial charge on any atom is -0.398 e. The van der Waals surface area contributed by atoms with Gasteiger partial charge in [-0.2, -0.15) is 0 Å². The third kappa shape index (κ3) is 4.38. The second-order valence-corrected chi connectivity index (χ2v) is 5.42. The summed E-state index contributed by atoms with van der Waals surface area (Å²) >= 11 is 0. The third-order valence-corrected chi connectivity index (χ3v) is 2.75. The van der Waals surface area contributed by atoms with Crippen molar-refractivity contribution in [1.29, 1.82) is 5.41 Å². The van der Waals surface area contributed by atoms with E-state index in [0.717, 1.165) is 6.21 Å². The molecule has 0 aromatic carbocycles. The van der Waals surface area contributed by atoms with Crippen LogP contribution in [-0.4, -0.2) is 38.4 Å². The number of pyridine rings is 1. The first-order valence-corrected chi connectivity index (χ1v) is 6.69. The van der Waals surface area contributed by atoms with Gasteiger partial charge >= 0.3 is 0 Å². The lowest BCUT2D eigenvalue weighted by molar-refractivity contribution is 0.0944. The first-order chi connectivity index (χ1) is 10.4. The lowest BCUT2D eigenvalue weighted by Gasteiger charge is -2.18. The number of hydrogen-bond donors (Lipinski definition) is 5. The van der Waals surface area contributed by atoms with Crippen molar-refractivity contribution in [2.45, 2.75) is 19.4 Å². The van der Waals surface area contributed by atoms with Crippen LogP contribution >= 0.6 is 0 Å². The van der Waals surface area contributed by atoms with Crippen molar-refractivity contribution < 1.29 is 5.11 Å². The predicted octanol–water partition coefficient (Wildman–Crippen LogP) is 1.38. The van der Waals surface area contributed by atoms with Crippen molar-refractivity contribution >= 4 is 29.4 Å². The number of nitrogens with one attached hydrogen (secondary N) is 3. The SMILES string of the molecule is CC(C)(O)CNc1cc(Nc2cc(N)c(C=N)cn2)ncn1. The second kappa shape index (κ2) is 6.35. The Hall–Kier alpha value is -2.74. The molecule has 0 bridgehead atoms. The third-order valence-electron chi connectivity index (χ3n) is 2.75. The van der Waals surface area contributed by atoms with Crippen LogP contribution in [0.3, 0.4) is 0 Å². The fourth-order valence-corrected chi connectivity index (χ4v) is 1.63. The van der Waals surface area contributed by atoms with E-state index < -0.39 is 5.60 Å². The fraction of sp³-hybridized carbons (Fsp3) is 0.286. The molecule has 0 unspecified atom stereocenters. The van der Waals surface area contributed by atoms with E-state index in [2.05, 4.69) is 25.6 Å². The molecule has 0 aliphatic carbocycles. The van der Waals surface area contributed by atoms with Gasteiger partial charge in [0.2, 0.25) is 0 Å². The van der Waals surface area contributed by atoms with Gasteiger partial charge in [0.25, 0.3) is 0 Å². The highest BCUT2D eigenvalue weighted by molar-refractivity contribution is 5.85. The summed E-state index contributed by atoms with van der Waals surface area (Å²) in [6.45, 7) is 3.78. The number of anilines is 4. The molecule has 0 fully saturated rings. The number of nitrogens with zero attached hydrogens (tertiary/aromatic N) is 3. The molecule has 0 atom stereocenters. The minimum absolute atomic E-state index is 0.364. The average Bonchev–Trinajstić information content (AvgIpc) is 2.45. The van der Waals surface area contributed by atoms with E-state index >= 15 is 0 Å². The van der Waals surface area contributed by atoms with Crippen molar-refractivity contribution in [2.24, 2.45) is 0 Å². The zero-order chi connectivity index (χ0) is 16.2. The normalized spacial score (nSPS) is 11.0. The van der Waals surface area contributed by atoms with Crippen LogP contribution in [0.2, 0.25) is 0 Å². The summed E-state index contributed by atoms with van der Waals surface area (Å²) in [6, 6.07) is 3.33. The first-order valence-electron chi connectivity index (χ1n) is 6.69. The zero-order valence-electron chi connectivity index (χ0n) is 12.5. The summed E-state index contributed by atoms with van der Waals surface area (Å²) in [4.78, 5) is 12.3. The number of hydrogen-bond acceptors (Lipinski definition) is 8. The highest BCUT2D eigenvalue weighted by Gasteiger charge is 2.12. The van der Waals surface area contributed by atoms with Crippen LogP contribution in [0.1, 0.15) is 19.4 Å². The molecular weight excluding hydrogens is 282 g/mol.